The molecule has 0 bridgehead atoms. The molecule has 0 aromatic heterocycles. The number of carbonyl (C=O) groups is 2. The molecule has 3 aliphatic rings. The van der Waals surface area contributed by atoms with Crippen molar-refractivity contribution in [3.8, 4) is 6.07 Å². The summed E-state index contributed by atoms with van der Waals surface area (Å²) >= 11 is 0. The van der Waals surface area contributed by atoms with E-state index >= 15 is 0 Å². The van der Waals surface area contributed by atoms with Crippen LogP contribution >= 0.6 is 0 Å². The van der Waals surface area contributed by atoms with Crippen LogP contribution in [0.5, 0.6) is 0 Å². The molecule has 8 nitrogen and oxygen atoms in total. The Morgan fingerprint density at radius 3 is 2.33 bits per heavy atom. The van der Waals surface area contributed by atoms with E-state index in [0.717, 1.165) is 25.7 Å². The summed E-state index contributed by atoms with van der Waals surface area (Å²) in [6.07, 6.45) is 3.64. The zero-order valence-electron chi connectivity index (χ0n) is 25.2. The molecule has 1 unspecified atom stereocenters. The van der Waals surface area contributed by atoms with Gasteiger partial charge in [0.2, 0.25) is 5.91 Å². The lowest BCUT2D eigenvalue weighted by Gasteiger charge is -2.34. The number of amides is 2. The van der Waals surface area contributed by atoms with Crippen LogP contribution in [0.2, 0.25) is 0 Å². The number of aryl methyl sites for hydroxylation is 2. The Morgan fingerprint density at radius 2 is 1.74 bits per heavy atom. The van der Waals surface area contributed by atoms with Gasteiger partial charge in [-0.1, -0.05) is 55.1 Å². The van der Waals surface area contributed by atoms with Crippen molar-refractivity contribution in [1.82, 2.24) is 20.4 Å². The highest BCUT2D eigenvalue weighted by Crippen LogP contribution is 2.40. The van der Waals surface area contributed by atoms with Crippen LogP contribution in [0, 0.1) is 11.3 Å². The number of hydrogen-bond acceptors (Lipinski definition) is 6. The van der Waals surface area contributed by atoms with Gasteiger partial charge in [0.05, 0.1) is 24.2 Å². The molecule has 0 spiro atoms. The van der Waals surface area contributed by atoms with Gasteiger partial charge in [-0.25, -0.2) is 4.79 Å². The third-order valence-corrected chi connectivity index (χ3v) is 8.68. The van der Waals surface area contributed by atoms with Crippen LogP contribution < -0.4 is 10.6 Å². The summed E-state index contributed by atoms with van der Waals surface area (Å²) in [7, 11) is 0. The van der Waals surface area contributed by atoms with Crippen molar-refractivity contribution < 1.29 is 14.3 Å². The Kier molecular flexibility index (Phi) is 8.60. The summed E-state index contributed by atoms with van der Waals surface area (Å²) < 4.78 is 5.54. The number of nitrogens with one attached hydrogen (secondary N) is 2. The average molecular weight is 570 g/mol. The van der Waals surface area contributed by atoms with Crippen LogP contribution in [0.25, 0.3) is 0 Å². The molecule has 8 heteroatoms. The van der Waals surface area contributed by atoms with Gasteiger partial charge in [0.1, 0.15) is 11.6 Å². The van der Waals surface area contributed by atoms with Gasteiger partial charge in [-0.3, -0.25) is 4.79 Å². The predicted molar refractivity (Wildman–Crippen MR) is 162 cm³/mol. The lowest BCUT2D eigenvalue weighted by Crippen LogP contribution is -2.51. The number of nitrogens with zero attached hydrogens (tertiary/aromatic N) is 3. The summed E-state index contributed by atoms with van der Waals surface area (Å²) in [6.45, 7) is 12.9. The Bertz CT molecular complexity index is 1330. The lowest BCUT2D eigenvalue weighted by molar-refractivity contribution is -0.132. The first kappa shape index (κ1) is 29.7. The first-order chi connectivity index (χ1) is 20.1. The van der Waals surface area contributed by atoms with Crippen molar-refractivity contribution >= 4 is 12.0 Å². The number of hydrogen-bond donors (Lipinski definition) is 2. The molecule has 1 aliphatic carbocycles. The Balaban J connectivity index is 1.37. The van der Waals surface area contributed by atoms with Gasteiger partial charge < -0.3 is 25.2 Å². The SMILES string of the molecule is C=C([C@H](CN[C@H]1C[C@@H](C)N(C2c3ccccc3CCc3ccccc32)C1=O)NC(=O)OC(C)(C)C)N1CCCC1C#N. The molecule has 4 atom stereocenters. The summed E-state index contributed by atoms with van der Waals surface area (Å²) in [5, 5.41) is 16.1. The Labute approximate surface area is 249 Å². The third-order valence-electron chi connectivity index (χ3n) is 8.68. The molecule has 2 fully saturated rings. The molecule has 42 heavy (non-hydrogen) atoms. The van der Waals surface area contributed by atoms with Crippen LogP contribution in [0.4, 0.5) is 4.79 Å². The molecule has 2 saturated heterocycles. The fourth-order valence-electron chi connectivity index (χ4n) is 6.71. The smallest absolute Gasteiger partial charge is 0.408 e. The quantitative estimate of drug-likeness (QED) is 0.495. The topological polar surface area (TPSA) is 97.7 Å². The Hall–Kier alpha value is -3.83. The van der Waals surface area contributed by atoms with Crippen molar-refractivity contribution in [3.63, 3.8) is 0 Å². The molecular formula is C34H43N5O3. The highest BCUT2D eigenvalue weighted by Gasteiger charge is 2.43. The van der Waals surface area contributed by atoms with E-state index in [0.29, 0.717) is 25.2 Å². The van der Waals surface area contributed by atoms with Gasteiger partial charge in [-0.2, -0.15) is 5.26 Å². The molecule has 2 aliphatic heterocycles. The van der Waals surface area contributed by atoms with Crippen LogP contribution in [0.3, 0.4) is 0 Å². The molecule has 2 aromatic carbocycles. The second kappa shape index (κ2) is 12.2. The molecule has 2 amide bonds. The van der Waals surface area contributed by atoms with Crippen LogP contribution in [0.1, 0.15) is 75.3 Å². The molecule has 2 N–H and O–H groups in total. The number of rotatable bonds is 7. The highest BCUT2D eigenvalue weighted by molar-refractivity contribution is 5.85. The molecular weight excluding hydrogens is 526 g/mol. The minimum atomic E-state index is -0.658. The van der Waals surface area contributed by atoms with E-state index in [1.165, 1.54) is 22.3 Å². The molecule has 2 heterocycles. The average Bonchev–Trinajstić information content (AvgIpc) is 3.49. The fraction of sp³-hybridized carbons (Fsp3) is 0.500. The number of carbonyl (C=O) groups excluding carboxylic acids is 2. The second-order valence-electron chi connectivity index (χ2n) is 12.8. The maximum Gasteiger partial charge on any atom is 0.408 e. The minimum absolute atomic E-state index is 0.0150. The molecule has 2 aromatic rings. The second-order valence-corrected chi connectivity index (χ2v) is 12.8. The lowest BCUT2D eigenvalue weighted by atomic mass is 9.93. The van der Waals surface area contributed by atoms with Gasteiger partial charge in [0.15, 0.2) is 0 Å². The van der Waals surface area contributed by atoms with Gasteiger partial charge in [-0.05, 0) is 82.1 Å². The first-order valence-electron chi connectivity index (χ1n) is 15.1. The van der Waals surface area contributed by atoms with E-state index < -0.39 is 23.8 Å². The minimum Gasteiger partial charge on any atom is -0.444 e. The van der Waals surface area contributed by atoms with Crippen LogP contribution in [0.15, 0.2) is 60.8 Å². The first-order valence-corrected chi connectivity index (χ1v) is 15.1. The van der Waals surface area contributed by atoms with E-state index in [1.807, 2.05) is 25.7 Å². The number of benzene rings is 2. The van der Waals surface area contributed by atoms with E-state index in [4.69, 9.17) is 4.74 Å². The fourth-order valence-corrected chi connectivity index (χ4v) is 6.71. The molecule has 222 valence electrons. The maximum atomic E-state index is 14.2. The van der Waals surface area contributed by atoms with E-state index in [1.54, 1.807) is 0 Å². The van der Waals surface area contributed by atoms with Gasteiger partial charge in [-0.15, -0.1) is 0 Å². The predicted octanol–water partition coefficient (Wildman–Crippen LogP) is 4.85. The number of ether oxygens (including phenoxy) is 1. The summed E-state index contributed by atoms with van der Waals surface area (Å²) in [4.78, 5) is 31.0. The number of likely N-dealkylation sites (tertiary alicyclic amines) is 2. The van der Waals surface area contributed by atoms with E-state index in [-0.39, 0.29) is 24.0 Å². The third kappa shape index (κ3) is 6.17. The standard InChI is InChI=1S/C34H43N5O3/c1-22-19-29(36-21-30(37-33(41)42-34(3,4)5)23(2)38-18-10-13-26(38)20-35)32(40)39(22)31-27-14-8-6-11-24(27)16-17-25-12-7-9-15-28(25)31/h6-9,11-12,14-15,22,26,29-31,36H,2,10,13,16-19,21H2,1,3-5H3,(H,37,41)/t22-,26?,29+,30+/m1/s1. The van der Waals surface area contributed by atoms with Gasteiger partial charge in [0, 0.05) is 24.8 Å². The Morgan fingerprint density at radius 1 is 1.12 bits per heavy atom. The van der Waals surface area contributed by atoms with E-state index in [9.17, 15) is 14.9 Å². The largest absolute Gasteiger partial charge is 0.444 e. The molecule has 0 radical (unpaired) electrons. The zero-order chi connectivity index (χ0) is 30.0. The summed E-state index contributed by atoms with van der Waals surface area (Å²) in [5.74, 6) is 0.0525. The van der Waals surface area contributed by atoms with Crippen LogP contribution in [-0.2, 0) is 22.4 Å². The summed E-state index contributed by atoms with van der Waals surface area (Å²) in [6, 6.07) is 18.0. The van der Waals surface area contributed by atoms with Gasteiger partial charge >= 0.3 is 6.09 Å². The van der Waals surface area contributed by atoms with Crippen molar-refractivity contribution in [2.75, 3.05) is 13.1 Å². The van der Waals surface area contributed by atoms with Crippen molar-refractivity contribution in [1.29, 1.82) is 5.26 Å². The van der Waals surface area contributed by atoms with E-state index in [2.05, 4.69) is 83.6 Å². The summed E-state index contributed by atoms with van der Waals surface area (Å²) in [5.41, 5.74) is 4.95. The number of alkyl carbamates (subject to hydrolysis) is 1. The molecule has 0 saturated carbocycles. The van der Waals surface area contributed by atoms with Crippen molar-refractivity contribution in [2.24, 2.45) is 0 Å². The number of nitriles is 1. The van der Waals surface area contributed by atoms with Crippen molar-refractivity contribution in [3.05, 3.63) is 83.1 Å². The highest BCUT2D eigenvalue weighted by atomic mass is 16.6. The normalized spacial score (nSPS) is 23.0. The van der Waals surface area contributed by atoms with Crippen molar-refractivity contribution in [2.45, 2.75) is 95.6 Å². The zero-order valence-corrected chi connectivity index (χ0v) is 25.2. The number of fused-ring (bicyclic) bond motifs is 2. The monoisotopic (exact) mass is 569 g/mol. The maximum absolute atomic E-state index is 14.2. The molecule has 5 rings (SSSR count). The van der Waals surface area contributed by atoms with Crippen LogP contribution in [-0.4, -0.2) is 64.7 Å². The van der Waals surface area contributed by atoms with Gasteiger partial charge in [0.25, 0.3) is 0 Å².